The van der Waals surface area contributed by atoms with E-state index >= 15 is 0 Å². The monoisotopic (exact) mass is 354 g/mol. The molecule has 132 valence electrons. The Kier molecular flexibility index (Phi) is 5.38. The highest BCUT2D eigenvalue weighted by molar-refractivity contribution is 6.31. The van der Waals surface area contributed by atoms with Gasteiger partial charge in [-0.15, -0.1) is 0 Å². The number of carbonyl (C=O) groups is 2. The maximum absolute atomic E-state index is 12.4. The number of hydrogen-bond donors (Lipinski definition) is 0. The van der Waals surface area contributed by atoms with Crippen molar-refractivity contribution in [2.24, 2.45) is 0 Å². The van der Waals surface area contributed by atoms with Gasteiger partial charge in [-0.2, -0.15) is 0 Å². The van der Waals surface area contributed by atoms with E-state index in [4.69, 9.17) is 21.1 Å². The molecule has 1 aliphatic heterocycles. The molecule has 0 radical (unpaired) electrons. The van der Waals surface area contributed by atoms with Crippen molar-refractivity contribution in [1.82, 2.24) is 9.88 Å². The smallest absolute Gasteiger partial charge is 0.410 e. The zero-order valence-electron chi connectivity index (χ0n) is 14.7. The summed E-state index contributed by atoms with van der Waals surface area (Å²) in [4.78, 5) is 30.2. The Bertz CT molecular complexity index is 655. The van der Waals surface area contributed by atoms with Crippen molar-refractivity contribution in [3.8, 4) is 0 Å². The van der Waals surface area contributed by atoms with Gasteiger partial charge in [0.1, 0.15) is 11.3 Å². The van der Waals surface area contributed by atoms with Gasteiger partial charge in [0.25, 0.3) is 0 Å². The van der Waals surface area contributed by atoms with Crippen LogP contribution in [0.15, 0.2) is 6.07 Å². The topological polar surface area (TPSA) is 68.7 Å². The Morgan fingerprint density at radius 3 is 2.67 bits per heavy atom. The van der Waals surface area contributed by atoms with Crippen LogP contribution in [0.2, 0.25) is 5.02 Å². The van der Waals surface area contributed by atoms with Crippen LogP contribution in [-0.4, -0.2) is 40.2 Å². The summed E-state index contributed by atoms with van der Waals surface area (Å²) in [6.07, 6.45) is 0.156. The zero-order chi connectivity index (χ0) is 18.1. The van der Waals surface area contributed by atoms with Gasteiger partial charge in [0, 0.05) is 11.1 Å². The van der Waals surface area contributed by atoms with Gasteiger partial charge in [0.2, 0.25) is 0 Å². The molecular weight excluding hydrogens is 332 g/mol. The van der Waals surface area contributed by atoms with Crippen molar-refractivity contribution in [3.05, 3.63) is 28.0 Å². The van der Waals surface area contributed by atoms with Gasteiger partial charge in [-0.1, -0.05) is 11.6 Å². The Morgan fingerprint density at radius 1 is 1.42 bits per heavy atom. The van der Waals surface area contributed by atoms with Crippen molar-refractivity contribution in [2.45, 2.75) is 59.2 Å². The summed E-state index contributed by atoms with van der Waals surface area (Å²) < 4.78 is 10.4. The Morgan fingerprint density at radius 2 is 2.08 bits per heavy atom. The number of rotatable bonds is 2. The minimum absolute atomic E-state index is 0.0694. The third kappa shape index (κ3) is 4.17. The number of halogens is 1. The van der Waals surface area contributed by atoms with Gasteiger partial charge in [0.15, 0.2) is 0 Å². The van der Waals surface area contributed by atoms with E-state index in [1.165, 1.54) is 6.07 Å². The minimum Gasteiger partial charge on any atom is -0.461 e. The summed E-state index contributed by atoms with van der Waals surface area (Å²) in [6, 6.07) is 1.45. The first-order valence-electron chi connectivity index (χ1n) is 7.97. The van der Waals surface area contributed by atoms with Crippen LogP contribution in [0.25, 0.3) is 0 Å². The summed E-state index contributed by atoms with van der Waals surface area (Å²) in [6.45, 7) is 9.63. The van der Waals surface area contributed by atoms with E-state index in [0.29, 0.717) is 17.1 Å². The van der Waals surface area contributed by atoms with E-state index in [2.05, 4.69) is 4.98 Å². The van der Waals surface area contributed by atoms with Gasteiger partial charge < -0.3 is 9.47 Å². The fourth-order valence-electron chi connectivity index (χ4n) is 2.53. The average molecular weight is 355 g/mol. The van der Waals surface area contributed by atoms with Crippen LogP contribution in [0.4, 0.5) is 4.79 Å². The van der Waals surface area contributed by atoms with Gasteiger partial charge in [-0.25, -0.2) is 14.6 Å². The molecule has 1 aromatic rings. The summed E-state index contributed by atoms with van der Waals surface area (Å²) in [5.74, 6) is -0.523. The van der Waals surface area contributed by atoms with E-state index in [1.807, 2.05) is 27.7 Å². The highest BCUT2D eigenvalue weighted by Crippen LogP contribution is 2.30. The molecule has 6 nitrogen and oxygen atoms in total. The summed E-state index contributed by atoms with van der Waals surface area (Å²) in [7, 11) is 0. The van der Waals surface area contributed by atoms with Gasteiger partial charge in [-0.05, 0) is 52.7 Å². The van der Waals surface area contributed by atoms with Crippen LogP contribution < -0.4 is 0 Å². The summed E-state index contributed by atoms with van der Waals surface area (Å²) >= 11 is 6.31. The molecule has 1 atom stereocenters. The molecule has 2 heterocycles. The van der Waals surface area contributed by atoms with Crippen molar-refractivity contribution < 1.29 is 19.1 Å². The third-order valence-electron chi connectivity index (χ3n) is 3.62. The standard InChI is InChI=1S/C17H23ClN2O4/c1-6-23-15(21)13-8-12(18)11-7-10(2)20(9-14(11)19-13)16(22)24-17(3,4)5/h8,10H,6-7,9H2,1-5H3/t10-/m0/s1. The van der Waals surface area contributed by atoms with E-state index < -0.39 is 17.7 Å². The minimum atomic E-state index is -0.574. The zero-order valence-corrected chi connectivity index (χ0v) is 15.4. The molecule has 0 aromatic carbocycles. The molecule has 7 heteroatoms. The highest BCUT2D eigenvalue weighted by atomic mass is 35.5. The maximum Gasteiger partial charge on any atom is 0.410 e. The SMILES string of the molecule is CCOC(=O)c1cc(Cl)c2c(n1)CN(C(=O)OC(C)(C)C)[C@@H](C)C2. The van der Waals surface area contributed by atoms with Crippen LogP contribution in [0.5, 0.6) is 0 Å². The molecule has 0 fully saturated rings. The van der Waals surface area contributed by atoms with Crippen LogP contribution >= 0.6 is 11.6 Å². The molecule has 0 aliphatic carbocycles. The van der Waals surface area contributed by atoms with Crippen molar-refractivity contribution in [1.29, 1.82) is 0 Å². The second-order valence-electron chi connectivity index (χ2n) is 6.80. The number of esters is 1. The molecule has 0 spiro atoms. The van der Waals surface area contributed by atoms with E-state index in [0.717, 1.165) is 5.56 Å². The number of fused-ring (bicyclic) bond motifs is 1. The molecule has 24 heavy (non-hydrogen) atoms. The Hall–Kier alpha value is -1.82. The lowest BCUT2D eigenvalue weighted by Crippen LogP contribution is -2.45. The molecule has 2 rings (SSSR count). The Balaban J connectivity index is 2.29. The number of carbonyl (C=O) groups excluding carboxylic acids is 2. The second-order valence-corrected chi connectivity index (χ2v) is 7.20. The fraction of sp³-hybridized carbons (Fsp3) is 0.588. The predicted octanol–water partition coefficient (Wildman–Crippen LogP) is 3.59. The first-order chi connectivity index (χ1) is 11.1. The van der Waals surface area contributed by atoms with Crippen molar-refractivity contribution in [2.75, 3.05) is 6.61 Å². The quantitative estimate of drug-likeness (QED) is 0.759. The number of amides is 1. The molecule has 0 unspecified atom stereocenters. The molecule has 0 N–H and O–H groups in total. The third-order valence-corrected chi connectivity index (χ3v) is 3.96. The predicted molar refractivity (Wildman–Crippen MR) is 90.1 cm³/mol. The molecule has 0 saturated carbocycles. The van der Waals surface area contributed by atoms with Gasteiger partial charge >= 0.3 is 12.1 Å². The van der Waals surface area contributed by atoms with Crippen LogP contribution in [0, 0.1) is 0 Å². The van der Waals surface area contributed by atoms with Crippen molar-refractivity contribution in [3.63, 3.8) is 0 Å². The molecule has 1 aliphatic rings. The number of aromatic nitrogens is 1. The highest BCUT2D eigenvalue weighted by Gasteiger charge is 2.32. The number of pyridine rings is 1. The van der Waals surface area contributed by atoms with Crippen molar-refractivity contribution >= 4 is 23.7 Å². The number of ether oxygens (including phenoxy) is 2. The van der Waals surface area contributed by atoms with E-state index in [9.17, 15) is 9.59 Å². The molecule has 0 saturated heterocycles. The molecule has 1 amide bonds. The summed E-state index contributed by atoms with van der Waals surface area (Å²) in [5.41, 5.74) is 1.04. The van der Waals surface area contributed by atoms with E-state index in [1.54, 1.807) is 11.8 Å². The van der Waals surface area contributed by atoms with Crippen LogP contribution in [0.3, 0.4) is 0 Å². The van der Waals surface area contributed by atoms with Crippen LogP contribution in [-0.2, 0) is 22.4 Å². The second kappa shape index (κ2) is 6.97. The first-order valence-corrected chi connectivity index (χ1v) is 8.35. The first kappa shape index (κ1) is 18.5. The van der Waals surface area contributed by atoms with E-state index in [-0.39, 0.29) is 24.9 Å². The largest absolute Gasteiger partial charge is 0.461 e. The maximum atomic E-state index is 12.4. The summed E-state index contributed by atoms with van der Waals surface area (Å²) in [5, 5.41) is 0.471. The van der Waals surface area contributed by atoms with Gasteiger partial charge in [0.05, 0.1) is 18.8 Å². The normalized spacial score (nSPS) is 17.2. The molecule has 0 bridgehead atoms. The fourth-order valence-corrected chi connectivity index (χ4v) is 2.82. The number of hydrogen-bond acceptors (Lipinski definition) is 5. The molecule has 1 aromatic heterocycles. The lowest BCUT2D eigenvalue weighted by atomic mass is 9.98. The van der Waals surface area contributed by atoms with Crippen LogP contribution in [0.1, 0.15) is 56.4 Å². The molecular formula is C17H23ClN2O4. The lowest BCUT2D eigenvalue weighted by molar-refractivity contribution is 0.0134. The Labute approximate surface area is 147 Å². The average Bonchev–Trinajstić information content (AvgIpc) is 2.45. The number of nitrogens with zero attached hydrogens (tertiary/aromatic N) is 2. The van der Waals surface area contributed by atoms with Gasteiger partial charge in [-0.3, -0.25) is 4.90 Å². The lowest BCUT2D eigenvalue weighted by Gasteiger charge is -2.35.